The van der Waals surface area contributed by atoms with Crippen LogP contribution in [-0.2, 0) is 0 Å². The van der Waals surface area contributed by atoms with Gasteiger partial charge in [0.2, 0.25) is 5.92 Å². The molecule has 0 aliphatic heterocycles. The van der Waals surface area contributed by atoms with Crippen LogP contribution in [0.2, 0.25) is 0 Å². The van der Waals surface area contributed by atoms with Crippen molar-refractivity contribution in [2.45, 2.75) is 78.8 Å². The van der Waals surface area contributed by atoms with Crippen LogP contribution in [0.3, 0.4) is 0 Å². The molecule has 0 amide bonds. The summed E-state index contributed by atoms with van der Waals surface area (Å²) in [5, 5.41) is 3.01. The molecule has 0 aliphatic rings. The van der Waals surface area contributed by atoms with Crippen molar-refractivity contribution >= 4 is 6.21 Å². The summed E-state index contributed by atoms with van der Waals surface area (Å²) in [6, 6.07) is 0. The minimum absolute atomic E-state index is 0.00848. The van der Waals surface area contributed by atoms with Crippen LogP contribution >= 0.6 is 0 Å². The summed E-state index contributed by atoms with van der Waals surface area (Å²) in [5.74, 6) is -2.61. The third-order valence-electron chi connectivity index (χ3n) is 4.51. The molecule has 0 rings (SSSR count). The first-order chi connectivity index (χ1) is 12.5. The maximum atomic E-state index is 13.7. The van der Waals surface area contributed by atoms with Crippen molar-refractivity contribution in [3.63, 3.8) is 0 Å². The summed E-state index contributed by atoms with van der Waals surface area (Å²) in [7, 11) is 0. The molecule has 2 nitrogen and oxygen atoms in total. The average Bonchev–Trinajstić information content (AvgIpc) is 2.58. The number of nitrogens with zero attached hydrogens (tertiary/aromatic N) is 1. The molecule has 1 N–H and O–H groups in total. The van der Waals surface area contributed by atoms with Crippen LogP contribution in [0.5, 0.6) is 0 Å². The molecular formula is C20H33F5N2. The standard InChI is InChI=1S/C20H33F5N2/c1-6-10-16(15(5)12-19(21,22)9-4)13-26-18(8-3)27-14-17(11-7-2)20(23,24)25/h8,11,14-16,26H,6-7,9-10,12-13H2,1-5H3/b17-11+,18-8-,27-14-. The Labute approximate surface area is 160 Å². The zero-order chi connectivity index (χ0) is 21.1. The molecule has 0 saturated carbocycles. The lowest BCUT2D eigenvalue weighted by molar-refractivity contribution is -0.0858. The molecule has 2 atom stereocenters. The van der Waals surface area contributed by atoms with Crippen LogP contribution in [0.15, 0.2) is 28.5 Å². The van der Waals surface area contributed by atoms with E-state index in [1.165, 1.54) is 6.92 Å². The summed E-state index contributed by atoms with van der Waals surface area (Å²) in [4.78, 5) is 3.90. The predicted molar refractivity (Wildman–Crippen MR) is 102 cm³/mol. The molecule has 7 heteroatoms. The Hall–Kier alpha value is -1.40. The highest BCUT2D eigenvalue weighted by molar-refractivity contribution is 5.80. The Balaban J connectivity index is 5.02. The Morgan fingerprint density at radius 1 is 1.11 bits per heavy atom. The van der Waals surface area contributed by atoms with Crippen molar-refractivity contribution in [1.82, 2.24) is 5.32 Å². The van der Waals surface area contributed by atoms with Crippen LogP contribution in [0.1, 0.15) is 66.7 Å². The number of halogens is 5. The second kappa shape index (κ2) is 12.1. The lowest BCUT2D eigenvalue weighted by Gasteiger charge is -2.27. The van der Waals surface area contributed by atoms with Crippen molar-refractivity contribution in [3.8, 4) is 0 Å². The highest BCUT2D eigenvalue weighted by atomic mass is 19.4. The molecule has 0 heterocycles. The normalized spacial score (nSPS) is 16.7. The van der Waals surface area contributed by atoms with Gasteiger partial charge < -0.3 is 5.32 Å². The zero-order valence-corrected chi connectivity index (χ0v) is 17.0. The second-order valence-corrected chi connectivity index (χ2v) is 6.82. The monoisotopic (exact) mass is 396 g/mol. The first kappa shape index (κ1) is 25.6. The van der Waals surface area contributed by atoms with Crippen molar-refractivity contribution in [2.75, 3.05) is 6.54 Å². The van der Waals surface area contributed by atoms with Gasteiger partial charge in [-0.05, 0) is 37.7 Å². The molecule has 0 aliphatic carbocycles. The van der Waals surface area contributed by atoms with Gasteiger partial charge in [-0.3, -0.25) is 0 Å². The fourth-order valence-electron chi connectivity index (χ4n) is 2.80. The summed E-state index contributed by atoms with van der Waals surface area (Å²) >= 11 is 0. The smallest absolute Gasteiger partial charge is 0.370 e. The molecule has 0 bridgehead atoms. The third kappa shape index (κ3) is 10.5. The minimum Gasteiger partial charge on any atom is -0.370 e. The highest BCUT2D eigenvalue weighted by Gasteiger charge is 2.32. The van der Waals surface area contributed by atoms with Gasteiger partial charge in [-0.1, -0.05) is 40.2 Å². The van der Waals surface area contributed by atoms with Crippen LogP contribution in [0.25, 0.3) is 0 Å². The minimum atomic E-state index is -4.46. The van der Waals surface area contributed by atoms with Gasteiger partial charge in [0.1, 0.15) is 5.82 Å². The van der Waals surface area contributed by atoms with E-state index in [-0.39, 0.29) is 31.1 Å². The molecule has 2 unspecified atom stereocenters. The van der Waals surface area contributed by atoms with Gasteiger partial charge in [0.05, 0.1) is 5.57 Å². The van der Waals surface area contributed by atoms with Gasteiger partial charge in [-0.2, -0.15) is 13.2 Å². The number of aliphatic imine (C=N–C) groups is 1. The van der Waals surface area contributed by atoms with E-state index < -0.39 is 17.7 Å². The van der Waals surface area contributed by atoms with E-state index in [1.807, 2.05) is 6.92 Å². The number of hydrogen-bond donors (Lipinski definition) is 1. The van der Waals surface area contributed by atoms with E-state index in [0.717, 1.165) is 25.1 Å². The van der Waals surface area contributed by atoms with Crippen LogP contribution in [0, 0.1) is 11.8 Å². The highest BCUT2D eigenvalue weighted by Crippen LogP contribution is 2.32. The first-order valence-corrected chi connectivity index (χ1v) is 9.60. The molecule has 0 aromatic heterocycles. The fraction of sp³-hybridized carbons (Fsp3) is 0.750. The number of alkyl halides is 5. The maximum Gasteiger partial charge on any atom is 0.417 e. The molecule has 0 aromatic carbocycles. The number of hydrogen-bond acceptors (Lipinski definition) is 2. The van der Waals surface area contributed by atoms with Crippen molar-refractivity contribution in [3.05, 3.63) is 23.5 Å². The van der Waals surface area contributed by atoms with Gasteiger partial charge in [-0.15, -0.1) is 0 Å². The summed E-state index contributed by atoms with van der Waals surface area (Å²) < 4.78 is 66.1. The largest absolute Gasteiger partial charge is 0.417 e. The molecule has 158 valence electrons. The Morgan fingerprint density at radius 3 is 2.19 bits per heavy atom. The molecule has 0 spiro atoms. The maximum absolute atomic E-state index is 13.7. The zero-order valence-electron chi connectivity index (χ0n) is 17.0. The van der Waals surface area contributed by atoms with E-state index >= 15 is 0 Å². The molecule has 0 aromatic rings. The summed E-state index contributed by atoms with van der Waals surface area (Å²) in [6.45, 7) is 8.93. The number of rotatable bonds is 12. The Morgan fingerprint density at radius 2 is 1.74 bits per heavy atom. The van der Waals surface area contributed by atoms with E-state index in [9.17, 15) is 22.0 Å². The first-order valence-electron chi connectivity index (χ1n) is 9.60. The molecule has 0 radical (unpaired) electrons. The van der Waals surface area contributed by atoms with Crippen molar-refractivity contribution in [2.24, 2.45) is 16.8 Å². The second-order valence-electron chi connectivity index (χ2n) is 6.82. The van der Waals surface area contributed by atoms with Crippen LogP contribution in [0.4, 0.5) is 22.0 Å². The topological polar surface area (TPSA) is 24.4 Å². The Bertz CT molecular complexity index is 507. The van der Waals surface area contributed by atoms with Crippen LogP contribution < -0.4 is 5.32 Å². The van der Waals surface area contributed by atoms with Gasteiger partial charge in [-0.25, -0.2) is 13.8 Å². The van der Waals surface area contributed by atoms with Crippen molar-refractivity contribution < 1.29 is 22.0 Å². The lowest BCUT2D eigenvalue weighted by atomic mass is 9.85. The lowest BCUT2D eigenvalue weighted by Crippen LogP contribution is -2.30. The quantitative estimate of drug-likeness (QED) is 0.282. The van der Waals surface area contributed by atoms with Crippen molar-refractivity contribution in [1.29, 1.82) is 0 Å². The third-order valence-corrected chi connectivity index (χ3v) is 4.51. The average molecular weight is 396 g/mol. The van der Waals surface area contributed by atoms with Gasteiger partial charge in [0.25, 0.3) is 0 Å². The Kier molecular flexibility index (Phi) is 11.5. The van der Waals surface area contributed by atoms with E-state index in [4.69, 9.17) is 0 Å². The number of nitrogens with one attached hydrogen (secondary N) is 1. The van der Waals surface area contributed by atoms with Gasteiger partial charge in [0.15, 0.2) is 0 Å². The molecule has 0 fully saturated rings. The summed E-state index contributed by atoms with van der Waals surface area (Å²) in [6.07, 6.45) is 0.467. The van der Waals surface area contributed by atoms with E-state index in [0.29, 0.717) is 12.4 Å². The summed E-state index contributed by atoms with van der Waals surface area (Å²) in [5.41, 5.74) is -0.799. The van der Waals surface area contributed by atoms with Gasteiger partial charge >= 0.3 is 6.18 Å². The SMILES string of the molecule is C\C=C(/N=C\C(=C/CC)C(F)(F)F)NCC(CCC)C(C)CC(F)(F)CC. The van der Waals surface area contributed by atoms with E-state index in [2.05, 4.69) is 10.3 Å². The fourth-order valence-corrected chi connectivity index (χ4v) is 2.80. The molecular weight excluding hydrogens is 363 g/mol. The van der Waals surface area contributed by atoms with Gasteiger partial charge in [0, 0.05) is 25.6 Å². The number of allylic oxidation sites excluding steroid dienone is 3. The molecule has 27 heavy (non-hydrogen) atoms. The molecule has 0 saturated heterocycles. The van der Waals surface area contributed by atoms with E-state index in [1.54, 1.807) is 26.8 Å². The predicted octanol–water partition coefficient (Wildman–Crippen LogP) is 6.89. The van der Waals surface area contributed by atoms with Crippen LogP contribution in [-0.4, -0.2) is 24.9 Å².